The van der Waals surface area contributed by atoms with E-state index in [2.05, 4.69) is 10.2 Å². The van der Waals surface area contributed by atoms with Crippen molar-refractivity contribution in [2.45, 2.75) is 0 Å². The SMILES string of the molecule is Nn1cnnc1.[H-].[Na+]. The van der Waals surface area contributed by atoms with Crippen molar-refractivity contribution in [2.75, 3.05) is 5.84 Å². The van der Waals surface area contributed by atoms with E-state index in [1.165, 1.54) is 17.3 Å². The topological polar surface area (TPSA) is 56.7 Å². The Hall–Kier alpha value is -0.0600. The molecule has 0 aliphatic heterocycles. The zero-order valence-electron chi connectivity index (χ0n) is 5.07. The van der Waals surface area contributed by atoms with E-state index in [1.807, 2.05) is 0 Å². The molecule has 0 amide bonds. The van der Waals surface area contributed by atoms with E-state index < -0.39 is 0 Å². The Morgan fingerprint density at radius 3 is 2.00 bits per heavy atom. The predicted molar refractivity (Wildman–Crippen MR) is 21.3 cm³/mol. The van der Waals surface area contributed by atoms with Crippen molar-refractivity contribution in [1.29, 1.82) is 0 Å². The van der Waals surface area contributed by atoms with Crippen LogP contribution in [0, 0.1) is 0 Å². The molecule has 0 aromatic carbocycles. The average molecular weight is 108 g/mol. The summed E-state index contributed by atoms with van der Waals surface area (Å²) in [5.74, 6) is 5.07. The molecule has 0 unspecified atom stereocenters. The van der Waals surface area contributed by atoms with Crippen LogP contribution < -0.4 is 35.4 Å². The molecular formula is C2H5N4Na. The molecule has 0 bridgehead atoms. The Balaban J connectivity index is 0. The molecule has 0 saturated carbocycles. The maximum Gasteiger partial charge on any atom is 1.00 e. The molecule has 1 aromatic rings. The van der Waals surface area contributed by atoms with Gasteiger partial charge in [0, 0.05) is 0 Å². The summed E-state index contributed by atoms with van der Waals surface area (Å²) in [4.78, 5) is 0. The molecule has 0 fully saturated rings. The molecule has 5 heteroatoms. The summed E-state index contributed by atoms with van der Waals surface area (Å²) in [6.45, 7) is 0. The van der Waals surface area contributed by atoms with Gasteiger partial charge in [-0.25, -0.2) is 4.68 Å². The van der Waals surface area contributed by atoms with Gasteiger partial charge in [-0.15, -0.1) is 10.2 Å². The quantitative estimate of drug-likeness (QED) is 0.273. The fourth-order valence-corrected chi connectivity index (χ4v) is 0.209. The molecule has 1 aromatic heterocycles. The summed E-state index contributed by atoms with van der Waals surface area (Å²) in [6, 6.07) is 0. The minimum Gasteiger partial charge on any atom is -1.00 e. The summed E-state index contributed by atoms with van der Waals surface area (Å²) in [6.07, 6.45) is 2.83. The summed E-state index contributed by atoms with van der Waals surface area (Å²) < 4.78 is 1.28. The molecule has 7 heavy (non-hydrogen) atoms. The summed E-state index contributed by atoms with van der Waals surface area (Å²) in [5.41, 5.74) is 0. The standard InChI is InChI=1S/C2H4N4.Na.H/c3-6-1-4-5-2-6;;/h1-2H,3H2;;/q;+1;-1. The third kappa shape index (κ3) is 1.91. The van der Waals surface area contributed by atoms with Crippen LogP contribution in [0.3, 0.4) is 0 Å². The van der Waals surface area contributed by atoms with Crippen LogP contribution >= 0.6 is 0 Å². The molecule has 0 radical (unpaired) electrons. The zero-order valence-corrected chi connectivity index (χ0v) is 6.07. The Morgan fingerprint density at radius 2 is 1.86 bits per heavy atom. The van der Waals surface area contributed by atoms with Gasteiger partial charge in [0.1, 0.15) is 12.7 Å². The van der Waals surface area contributed by atoms with Gasteiger partial charge in [0.25, 0.3) is 0 Å². The smallest absolute Gasteiger partial charge is 1.00 e. The molecule has 0 aliphatic carbocycles. The number of nitrogen functional groups attached to an aromatic ring is 1. The van der Waals surface area contributed by atoms with Gasteiger partial charge in [-0.05, 0) is 0 Å². The van der Waals surface area contributed by atoms with Gasteiger partial charge in [0.2, 0.25) is 0 Å². The minimum absolute atomic E-state index is 0. The number of nitrogens with two attached hydrogens (primary N) is 1. The van der Waals surface area contributed by atoms with Crippen molar-refractivity contribution < 1.29 is 31.0 Å². The van der Waals surface area contributed by atoms with E-state index in [0.29, 0.717) is 0 Å². The Bertz CT molecular complexity index is 118. The van der Waals surface area contributed by atoms with Crippen LogP contribution in [-0.4, -0.2) is 14.9 Å². The van der Waals surface area contributed by atoms with Crippen molar-refractivity contribution >= 4 is 0 Å². The van der Waals surface area contributed by atoms with Gasteiger partial charge in [0.05, 0.1) is 0 Å². The Morgan fingerprint density at radius 1 is 1.43 bits per heavy atom. The van der Waals surface area contributed by atoms with E-state index in [-0.39, 0.29) is 31.0 Å². The third-order valence-corrected chi connectivity index (χ3v) is 0.437. The van der Waals surface area contributed by atoms with Crippen molar-refractivity contribution in [3.8, 4) is 0 Å². The van der Waals surface area contributed by atoms with Gasteiger partial charge in [-0.3, -0.25) is 0 Å². The summed E-state index contributed by atoms with van der Waals surface area (Å²) in [5, 5.41) is 6.82. The van der Waals surface area contributed by atoms with Crippen LogP contribution in [0.15, 0.2) is 12.7 Å². The Labute approximate surface area is 64.5 Å². The molecule has 1 heterocycles. The first-order valence-electron chi connectivity index (χ1n) is 1.49. The molecule has 0 aliphatic rings. The molecule has 1 rings (SSSR count). The minimum atomic E-state index is 0. The first-order chi connectivity index (χ1) is 2.89. The van der Waals surface area contributed by atoms with Crippen molar-refractivity contribution in [1.82, 2.24) is 14.9 Å². The van der Waals surface area contributed by atoms with Gasteiger partial charge < -0.3 is 7.27 Å². The first kappa shape index (κ1) is 6.94. The number of rotatable bonds is 0. The first-order valence-corrected chi connectivity index (χ1v) is 1.49. The zero-order chi connectivity index (χ0) is 4.41. The maximum absolute atomic E-state index is 5.07. The van der Waals surface area contributed by atoms with Crippen molar-refractivity contribution in [3.63, 3.8) is 0 Å². The van der Waals surface area contributed by atoms with E-state index in [1.54, 1.807) is 0 Å². The maximum atomic E-state index is 5.07. The molecule has 0 atom stereocenters. The molecule has 0 spiro atoms. The predicted octanol–water partition coefficient (Wildman–Crippen LogP) is -3.89. The van der Waals surface area contributed by atoms with E-state index >= 15 is 0 Å². The van der Waals surface area contributed by atoms with Crippen LogP contribution in [0.4, 0.5) is 0 Å². The van der Waals surface area contributed by atoms with Crippen LogP contribution in [0.5, 0.6) is 0 Å². The normalized spacial score (nSPS) is 7.43. The Kier molecular flexibility index (Phi) is 2.98. The number of aromatic nitrogens is 3. The second-order valence-electron chi connectivity index (χ2n) is 0.909. The monoisotopic (exact) mass is 108 g/mol. The van der Waals surface area contributed by atoms with E-state index in [0.717, 1.165) is 0 Å². The van der Waals surface area contributed by atoms with Gasteiger partial charge in [-0.2, -0.15) is 0 Å². The van der Waals surface area contributed by atoms with Crippen molar-refractivity contribution in [2.24, 2.45) is 0 Å². The van der Waals surface area contributed by atoms with E-state index in [4.69, 9.17) is 5.84 Å². The van der Waals surface area contributed by atoms with Crippen LogP contribution in [0.1, 0.15) is 1.43 Å². The van der Waals surface area contributed by atoms with Gasteiger partial charge >= 0.3 is 29.6 Å². The number of hydrogen-bond donors (Lipinski definition) is 1. The van der Waals surface area contributed by atoms with Crippen molar-refractivity contribution in [3.05, 3.63) is 12.7 Å². The van der Waals surface area contributed by atoms with E-state index in [9.17, 15) is 0 Å². The molecule has 0 saturated heterocycles. The summed E-state index contributed by atoms with van der Waals surface area (Å²) in [7, 11) is 0. The van der Waals surface area contributed by atoms with Crippen LogP contribution in [-0.2, 0) is 0 Å². The van der Waals surface area contributed by atoms with Crippen LogP contribution in [0.2, 0.25) is 0 Å². The third-order valence-electron chi connectivity index (χ3n) is 0.437. The van der Waals surface area contributed by atoms with Crippen LogP contribution in [0.25, 0.3) is 0 Å². The number of hydrogen-bond acceptors (Lipinski definition) is 3. The molecule has 34 valence electrons. The van der Waals surface area contributed by atoms with Gasteiger partial charge in [0.15, 0.2) is 0 Å². The molecule has 2 N–H and O–H groups in total. The second kappa shape index (κ2) is 3.01. The average Bonchev–Trinajstić information content (AvgIpc) is 1.86. The summed E-state index contributed by atoms with van der Waals surface area (Å²) >= 11 is 0. The van der Waals surface area contributed by atoms with Gasteiger partial charge in [-0.1, -0.05) is 0 Å². The molecular weight excluding hydrogens is 103 g/mol. The fraction of sp³-hybridized carbons (Fsp3) is 0. The number of nitrogens with zero attached hydrogens (tertiary/aromatic N) is 3. The second-order valence-corrected chi connectivity index (χ2v) is 0.909. The molecule has 4 nitrogen and oxygen atoms in total. The largest absolute Gasteiger partial charge is 1.00 e. The fourth-order valence-electron chi connectivity index (χ4n) is 0.209.